The predicted octanol–water partition coefficient (Wildman–Crippen LogP) is 4.40. The summed E-state index contributed by atoms with van der Waals surface area (Å²) in [7, 11) is -3.86. The molecule has 0 aliphatic carbocycles. The Morgan fingerprint density at radius 2 is 1.62 bits per heavy atom. The van der Waals surface area contributed by atoms with E-state index in [0.29, 0.717) is 13.0 Å². The number of hydrogen-bond acceptors (Lipinski definition) is 4. The highest BCUT2D eigenvalue weighted by atomic mass is 35.5. The number of rotatable bonds is 11. The van der Waals surface area contributed by atoms with Crippen LogP contribution in [0.25, 0.3) is 0 Å². The Morgan fingerprint density at radius 3 is 2.12 bits per heavy atom. The number of nitrogens with one attached hydrogen (secondary N) is 1. The topological polar surface area (TPSA) is 86.8 Å². The molecule has 2 aromatic carbocycles. The molecule has 34 heavy (non-hydrogen) atoms. The predicted molar refractivity (Wildman–Crippen MR) is 138 cm³/mol. The van der Waals surface area contributed by atoms with E-state index in [1.807, 2.05) is 45.0 Å². The van der Waals surface area contributed by atoms with Crippen molar-refractivity contribution in [1.82, 2.24) is 10.2 Å². The molecule has 0 bridgehead atoms. The molecule has 0 aliphatic heterocycles. The second-order valence-electron chi connectivity index (χ2n) is 8.12. The van der Waals surface area contributed by atoms with Crippen LogP contribution in [0.15, 0.2) is 42.5 Å². The van der Waals surface area contributed by atoms with Gasteiger partial charge in [0.15, 0.2) is 0 Å². The van der Waals surface area contributed by atoms with Crippen LogP contribution in [0.1, 0.15) is 37.8 Å². The van der Waals surface area contributed by atoms with E-state index < -0.39 is 28.5 Å². The monoisotopic (exact) mass is 527 g/mol. The fourth-order valence-electron chi connectivity index (χ4n) is 3.47. The highest BCUT2D eigenvalue weighted by molar-refractivity contribution is 7.92. The molecule has 1 atom stereocenters. The van der Waals surface area contributed by atoms with Gasteiger partial charge < -0.3 is 10.2 Å². The number of sulfonamides is 1. The van der Waals surface area contributed by atoms with Crippen LogP contribution >= 0.6 is 23.2 Å². The van der Waals surface area contributed by atoms with Gasteiger partial charge in [0.2, 0.25) is 21.8 Å². The molecule has 7 nitrogen and oxygen atoms in total. The molecule has 1 N–H and O–H groups in total. The first kappa shape index (κ1) is 28.0. The molecule has 0 fully saturated rings. The van der Waals surface area contributed by atoms with E-state index >= 15 is 0 Å². The third kappa shape index (κ3) is 7.89. The molecule has 2 amide bonds. The zero-order valence-electron chi connectivity index (χ0n) is 19.8. The molecule has 0 heterocycles. The van der Waals surface area contributed by atoms with Gasteiger partial charge in [0.25, 0.3) is 0 Å². The Kier molecular flexibility index (Phi) is 10.2. The second kappa shape index (κ2) is 12.4. The van der Waals surface area contributed by atoms with Crippen molar-refractivity contribution in [2.45, 2.75) is 46.2 Å². The summed E-state index contributed by atoms with van der Waals surface area (Å²) in [6.07, 6.45) is 2.13. The summed E-state index contributed by atoms with van der Waals surface area (Å²) in [5, 5.41) is 3.33. The summed E-state index contributed by atoms with van der Waals surface area (Å²) in [4.78, 5) is 27.9. The van der Waals surface area contributed by atoms with E-state index in [1.54, 1.807) is 0 Å². The van der Waals surface area contributed by atoms with E-state index in [9.17, 15) is 18.0 Å². The van der Waals surface area contributed by atoms with Gasteiger partial charge in [-0.2, -0.15) is 0 Å². The van der Waals surface area contributed by atoms with Crippen LogP contribution in [0.4, 0.5) is 5.69 Å². The lowest BCUT2D eigenvalue weighted by molar-refractivity contribution is -0.140. The summed E-state index contributed by atoms with van der Waals surface area (Å²) in [5.74, 6) is -0.790. The largest absolute Gasteiger partial charge is 0.354 e. The number of anilines is 1. The number of carbonyl (C=O) groups excluding carboxylic acids is 2. The van der Waals surface area contributed by atoms with Crippen LogP contribution in [-0.4, -0.2) is 50.5 Å². The average Bonchev–Trinajstić information content (AvgIpc) is 2.75. The molecule has 0 saturated carbocycles. The third-order valence-corrected chi connectivity index (χ3v) is 6.80. The molecule has 0 radical (unpaired) electrons. The number of nitrogens with zero attached hydrogens (tertiary/aromatic N) is 2. The smallest absolute Gasteiger partial charge is 0.244 e. The van der Waals surface area contributed by atoms with E-state index in [0.717, 1.165) is 28.1 Å². The minimum absolute atomic E-state index is 0.158. The third-order valence-electron chi connectivity index (χ3n) is 5.22. The van der Waals surface area contributed by atoms with E-state index in [1.165, 1.54) is 23.1 Å². The molecule has 0 spiro atoms. The zero-order chi connectivity index (χ0) is 25.5. The normalized spacial score (nSPS) is 12.2. The van der Waals surface area contributed by atoms with Gasteiger partial charge in [-0.25, -0.2) is 8.42 Å². The summed E-state index contributed by atoms with van der Waals surface area (Å²) in [6.45, 7) is 5.86. The molecular weight excluding hydrogens is 497 g/mol. The van der Waals surface area contributed by atoms with Crippen LogP contribution in [0.5, 0.6) is 0 Å². The Labute approximate surface area is 212 Å². The lowest BCUT2D eigenvalue weighted by Gasteiger charge is -2.33. The van der Waals surface area contributed by atoms with Crippen molar-refractivity contribution in [1.29, 1.82) is 0 Å². The SMILES string of the molecule is CCCNC(=O)C(CC)N(Cc1ccc(C)cc1)C(=O)CN(c1cc(Cl)cc(Cl)c1)S(C)(=O)=O. The summed E-state index contributed by atoms with van der Waals surface area (Å²) in [6, 6.07) is 11.2. The van der Waals surface area contributed by atoms with Crippen molar-refractivity contribution in [3.63, 3.8) is 0 Å². The van der Waals surface area contributed by atoms with Crippen molar-refractivity contribution < 1.29 is 18.0 Å². The average molecular weight is 529 g/mol. The van der Waals surface area contributed by atoms with Gasteiger partial charge in [0.05, 0.1) is 11.9 Å². The number of aryl methyl sites for hydroxylation is 1. The Bertz CT molecular complexity index is 1090. The Hall–Kier alpha value is -2.29. The van der Waals surface area contributed by atoms with Crippen LogP contribution < -0.4 is 9.62 Å². The molecule has 0 aliphatic rings. The fraction of sp³-hybridized carbons (Fsp3) is 0.417. The molecule has 186 valence electrons. The highest BCUT2D eigenvalue weighted by Gasteiger charge is 2.31. The number of carbonyl (C=O) groups is 2. The maximum atomic E-state index is 13.6. The van der Waals surface area contributed by atoms with Gasteiger partial charge in [-0.3, -0.25) is 13.9 Å². The zero-order valence-corrected chi connectivity index (χ0v) is 22.2. The highest BCUT2D eigenvalue weighted by Crippen LogP contribution is 2.27. The number of hydrogen-bond donors (Lipinski definition) is 1. The first-order valence-electron chi connectivity index (χ1n) is 11.0. The van der Waals surface area contributed by atoms with Gasteiger partial charge in [0.1, 0.15) is 12.6 Å². The maximum Gasteiger partial charge on any atom is 0.244 e. The molecule has 1 unspecified atom stereocenters. The van der Waals surface area contributed by atoms with E-state index in [-0.39, 0.29) is 28.2 Å². The number of benzene rings is 2. The van der Waals surface area contributed by atoms with Crippen LogP contribution in [0, 0.1) is 6.92 Å². The number of halogens is 2. The van der Waals surface area contributed by atoms with Crippen LogP contribution in [0.2, 0.25) is 10.0 Å². The van der Waals surface area contributed by atoms with E-state index in [2.05, 4.69) is 5.32 Å². The van der Waals surface area contributed by atoms with Crippen molar-refractivity contribution in [2.24, 2.45) is 0 Å². The first-order valence-corrected chi connectivity index (χ1v) is 13.6. The van der Waals surface area contributed by atoms with E-state index in [4.69, 9.17) is 23.2 Å². The van der Waals surface area contributed by atoms with Crippen molar-refractivity contribution >= 4 is 50.7 Å². The minimum Gasteiger partial charge on any atom is -0.354 e. The van der Waals surface area contributed by atoms with Gasteiger partial charge in [-0.1, -0.05) is 66.9 Å². The molecule has 2 rings (SSSR count). The van der Waals surface area contributed by atoms with Gasteiger partial charge in [-0.05, 0) is 43.5 Å². The molecule has 10 heteroatoms. The van der Waals surface area contributed by atoms with Gasteiger partial charge in [0, 0.05) is 23.1 Å². The van der Waals surface area contributed by atoms with Gasteiger partial charge >= 0.3 is 0 Å². The first-order chi connectivity index (χ1) is 16.0. The standard InChI is InChI=1S/C24H31Cl2N3O4S/c1-5-11-27-24(31)22(6-2)28(15-18-9-7-17(3)8-10-18)23(30)16-29(34(4,32)33)21-13-19(25)12-20(26)14-21/h7-10,12-14,22H,5-6,11,15-16H2,1-4H3,(H,27,31). The molecule has 2 aromatic rings. The fourth-order valence-corrected chi connectivity index (χ4v) is 4.82. The Balaban J connectivity index is 2.44. The van der Waals surface area contributed by atoms with Gasteiger partial charge in [-0.15, -0.1) is 0 Å². The Morgan fingerprint density at radius 1 is 1.03 bits per heavy atom. The van der Waals surface area contributed by atoms with Crippen LogP contribution in [0.3, 0.4) is 0 Å². The minimum atomic E-state index is -3.86. The quantitative estimate of drug-likeness (QED) is 0.469. The molecular formula is C24H31Cl2N3O4S. The summed E-state index contributed by atoms with van der Waals surface area (Å²) < 4.78 is 26.2. The molecule has 0 saturated heterocycles. The van der Waals surface area contributed by atoms with Crippen molar-refractivity contribution in [3.05, 3.63) is 63.6 Å². The summed E-state index contributed by atoms with van der Waals surface area (Å²) in [5.41, 5.74) is 2.07. The molecule has 0 aromatic heterocycles. The maximum absolute atomic E-state index is 13.6. The van der Waals surface area contributed by atoms with Crippen LogP contribution in [-0.2, 0) is 26.2 Å². The lowest BCUT2D eigenvalue weighted by Crippen LogP contribution is -2.52. The summed E-state index contributed by atoms with van der Waals surface area (Å²) >= 11 is 12.1. The lowest BCUT2D eigenvalue weighted by atomic mass is 10.1. The van der Waals surface area contributed by atoms with Crippen molar-refractivity contribution in [3.8, 4) is 0 Å². The number of amides is 2. The second-order valence-corrected chi connectivity index (χ2v) is 10.9. The van der Waals surface area contributed by atoms with Crippen molar-refractivity contribution in [2.75, 3.05) is 23.7 Å².